The molecule has 0 aliphatic carbocycles. The van der Waals surface area contributed by atoms with Crippen LogP contribution in [0.1, 0.15) is 5.56 Å². The van der Waals surface area contributed by atoms with Crippen molar-refractivity contribution in [3.8, 4) is 5.75 Å². The first kappa shape index (κ1) is 18.6. The second-order valence-corrected chi connectivity index (χ2v) is 7.18. The van der Waals surface area contributed by atoms with Gasteiger partial charge in [-0.25, -0.2) is 0 Å². The average Bonchev–Trinajstić information content (AvgIpc) is 2.89. The zero-order valence-electron chi connectivity index (χ0n) is 13.7. The number of ether oxygens (including phenoxy) is 1. The third-order valence-corrected chi connectivity index (χ3v) is 5.12. The molecular weight excluding hydrogens is 395 g/mol. The number of nitrogens with one attached hydrogen (secondary N) is 1. The SMILES string of the molecule is COc1ccc(NCN2C(=O)S/C(=C\c3ccc(Cl)cc3Cl)C2=O)cc1. The van der Waals surface area contributed by atoms with E-state index in [0.717, 1.165) is 28.1 Å². The maximum Gasteiger partial charge on any atom is 0.295 e. The summed E-state index contributed by atoms with van der Waals surface area (Å²) >= 11 is 12.9. The number of hydrogen-bond acceptors (Lipinski definition) is 5. The number of methoxy groups -OCH3 is 1. The molecule has 0 atom stereocenters. The molecule has 134 valence electrons. The number of nitrogens with zero attached hydrogens (tertiary/aromatic N) is 1. The van der Waals surface area contributed by atoms with Gasteiger partial charge < -0.3 is 10.1 Å². The lowest BCUT2D eigenvalue weighted by molar-refractivity contribution is -0.122. The number of thioether (sulfide) groups is 1. The van der Waals surface area contributed by atoms with Crippen molar-refractivity contribution in [1.82, 2.24) is 4.90 Å². The fraction of sp³-hybridized carbons (Fsp3) is 0.111. The molecule has 1 fully saturated rings. The van der Waals surface area contributed by atoms with Crippen molar-refractivity contribution in [3.63, 3.8) is 0 Å². The number of hydrogen-bond donors (Lipinski definition) is 1. The molecule has 0 bridgehead atoms. The smallest absolute Gasteiger partial charge is 0.295 e. The van der Waals surface area contributed by atoms with E-state index in [1.807, 2.05) is 0 Å². The van der Waals surface area contributed by atoms with Crippen molar-refractivity contribution in [1.29, 1.82) is 0 Å². The van der Waals surface area contributed by atoms with Crippen LogP contribution in [-0.4, -0.2) is 29.8 Å². The Kier molecular flexibility index (Phi) is 5.76. The van der Waals surface area contributed by atoms with Gasteiger partial charge in [0.05, 0.1) is 18.7 Å². The zero-order valence-corrected chi connectivity index (χ0v) is 16.0. The fourth-order valence-electron chi connectivity index (χ4n) is 2.28. The molecule has 0 unspecified atom stereocenters. The normalized spacial score (nSPS) is 15.7. The van der Waals surface area contributed by atoms with E-state index in [2.05, 4.69) is 5.32 Å². The number of carbonyl (C=O) groups is 2. The third-order valence-electron chi connectivity index (χ3n) is 3.65. The average molecular weight is 409 g/mol. The molecule has 0 spiro atoms. The Balaban J connectivity index is 1.70. The van der Waals surface area contributed by atoms with Crippen LogP contribution >= 0.6 is 35.0 Å². The lowest BCUT2D eigenvalue weighted by Gasteiger charge is -2.14. The number of imide groups is 1. The van der Waals surface area contributed by atoms with Gasteiger partial charge in [-0.1, -0.05) is 29.3 Å². The first-order valence-corrected chi connectivity index (χ1v) is 9.13. The Labute approximate surface area is 164 Å². The van der Waals surface area contributed by atoms with Gasteiger partial charge in [0.25, 0.3) is 11.1 Å². The van der Waals surface area contributed by atoms with Crippen LogP contribution in [0.5, 0.6) is 5.75 Å². The largest absolute Gasteiger partial charge is 0.497 e. The highest BCUT2D eigenvalue weighted by Crippen LogP contribution is 2.34. The molecule has 26 heavy (non-hydrogen) atoms. The Hall–Kier alpha value is -2.15. The van der Waals surface area contributed by atoms with E-state index in [9.17, 15) is 9.59 Å². The van der Waals surface area contributed by atoms with Gasteiger partial charge in [-0.2, -0.15) is 0 Å². The first-order chi connectivity index (χ1) is 12.5. The predicted octanol–water partition coefficient (Wildman–Crippen LogP) is 5.11. The molecule has 0 saturated carbocycles. The van der Waals surface area contributed by atoms with E-state index in [4.69, 9.17) is 27.9 Å². The molecule has 1 N–H and O–H groups in total. The summed E-state index contributed by atoms with van der Waals surface area (Å²) in [5.41, 5.74) is 1.40. The standard InChI is InChI=1S/C18H14Cl2N2O3S/c1-25-14-6-4-13(5-7-14)21-10-22-17(23)16(26-18(22)24)8-11-2-3-12(19)9-15(11)20/h2-9,21H,10H2,1H3/b16-8-. The van der Waals surface area contributed by atoms with Crippen LogP contribution in [0.25, 0.3) is 6.08 Å². The van der Waals surface area contributed by atoms with Crippen LogP contribution in [0.2, 0.25) is 10.0 Å². The highest BCUT2D eigenvalue weighted by molar-refractivity contribution is 8.18. The monoisotopic (exact) mass is 408 g/mol. The molecule has 2 aromatic carbocycles. The number of rotatable bonds is 5. The van der Waals surface area contributed by atoms with E-state index in [0.29, 0.717) is 20.5 Å². The quantitative estimate of drug-likeness (QED) is 0.696. The van der Waals surface area contributed by atoms with Gasteiger partial charge in [0.15, 0.2) is 0 Å². The second kappa shape index (κ2) is 8.03. The van der Waals surface area contributed by atoms with Crippen LogP contribution < -0.4 is 10.1 Å². The van der Waals surface area contributed by atoms with Crippen LogP contribution in [0.15, 0.2) is 47.4 Å². The van der Waals surface area contributed by atoms with Gasteiger partial charge in [0.2, 0.25) is 0 Å². The Morgan fingerprint density at radius 1 is 1.15 bits per heavy atom. The highest BCUT2D eigenvalue weighted by atomic mass is 35.5. The van der Waals surface area contributed by atoms with E-state index in [1.165, 1.54) is 0 Å². The zero-order chi connectivity index (χ0) is 18.7. The lowest BCUT2D eigenvalue weighted by Crippen LogP contribution is -2.33. The number of anilines is 1. The molecule has 1 saturated heterocycles. The molecule has 1 aliphatic rings. The molecule has 1 aliphatic heterocycles. The van der Waals surface area contributed by atoms with Gasteiger partial charge >= 0.3 is 0 Å². The van der Waals surface area contributed by atoms with E-state index < -0.39 is 0 Å². The Bertz CT molecular complexity index is 885. The summed E-state index contributed by atoms with van der Waals surface area (Å²) in [5.74, 6) is 0.358. The van der Waals surface area contributed by atoms with Gasteiger partial charge in [-0.3, -0.25) is 14.5 Å². The summed E-state index contributed by atoms with van der Waals surface area (Å²) in [6.07, 6.45) is 1.59. The summed E-state index contributed by atoms with van der Waals surface area (Å²) in [6.45, 7) is 0.0721. The van der Waals surface area contributed by atoms with Crippen molar-refractivity contribution < 1.29 is 14.3 Å². The minimum atomic E-state index is -0.368. The maximum atomic E-state index is 12.5. The van der Waals surface area contributed by atoms with Crippen molar-refractivity contribution >= 4 is 57.9 Å². The summed E-state index contributed by atoms with van der Waals surface area (Å²) in [4.78, 5) is 26.1. The van der Waals surface area contributed by atoms with Crippen LogP contribution in [0.3, 0.4) is 0 Å². The molecule has 1 heterocycles. The second-order valence-electron chi connectivity index (χ2n) is 5.34. The molecule has 2 aromatic rings. The predicted molar refractivity (Wildman–Crippen MR) is 106 cm³/mol. The summed E-state index contributed by atoms with van der Waals surface area (Å²) in [5, 5.41) is 3.63. The van der Waals surface area contributed by atoms with Crippen LogP contribution in [0.4, 0.5) is 10.5 Å². The number of halogens is 2. The van der Waals surface area contributed by atoms with Crippen molar-refractivity contribution in [2.75, 3.05) is 19.1 Å². The summed E-state index contributed by atoms with van der Waals surface area (Å²) in [7, 11) is 1.59. The summed E-state index contributed by atoms with van der Waals surface area (Å²) < 4.78 is 5.09. The molecule has 0 radical (unpaired) electrons. The Morgan fingerprint density at radius 2 is 1.88 bits per heavy atom. The van der Waals surface area contributed by atoms with Gasteiger partial charge in [-0.05, 0) is 59.8 Å². The number of carbonyl (C=O) groups excluding carboxylic acids is 2. The van der Waals surface area contributed by atoms with E-state index >= 15 is 0 Å². The van der Waals surface area contributed by atoms with Gasteiger partial charge in [0, 0.05) is 15.7 Å². The lowest BCUT2D eigenvalue weighted by atomic mass is 10.2. The number of amides is 2. The fourth-order valence-corrected chi connectivity index (χ4v) is 3.57. The van der Waals surface area contributed by atoms with Crippen molar-refractivity contribution in [2.24, 2.45) is 0 Å². The van der Waals surface area contributed by atoms with Crippen molar-refractivity contribution in [2.45, 2.75) is 0 Å². The molecule has 0 aromatic heterocycles. The Morgan fingerprint density at radius 3 is 2.54 bits per heavy atom. The minimum Gasteiger partial charge on any atom is -0.497 e. The highest BCUT2D eigenvalue weighted by Gasteiger charge is 2.34. The topological polar surface area (TPSA) is 58.6 Å². The summed E-state index contributed by atoms with van der Waals surface area (Å²) in [6, 6.07) is 12.2. The molecule has 3 rings (SSSR count). The molecule has 5 nitrogen and oxygen atoms in total. The van der Waals surface area contributed by atoms with Gasteiger partial charge in [-0.15, -0.1) is 0 Å². The van der Waals surface area contributed by atoms with E-state index in [-0.39, 0.29) is 17.8 Å². The van der Waals surface area contributed by atoms with Crippen molar-refractivity contribution in [3.05, 3.63) is 63.0 Å². The molecule has 2 amide bonds. The molecular formula is C18H14Cl2N2O3S. The van der Waals surface area contributed by atoms with Gasteiger partial charge in [0.1, 0.15) is 5.75 Å². The maximum absolute atomic E-state index is 12.5. The minimum absolute atomic E-state index is 0.0721. The number of benzene rings is 2. The van der Waals surface area contributed by atoms with E-state index in [1.54, 1.807) is 55.7 Å². The first-order valence-electron chi connectivity index (χ1n) is 7.56. The van der Waals surface area contributed by atoms with Crippen LogP contribution in [-0.2, 0) is 4.79 Å². The third kappa shape index (κ3) is 4.15. The van der Waals surface area contributed by atoms with Crippen LogP contribution in [0, 0.1) is 0 Å². The molecule has 8 heteroatoms.